The van der Waals surface area contributed by atoms with Gasteiger partial charge in [-0.05, 0) is 68.4 Å². The van der Waals surface area contributed by atoms with Crippen LogP contribution in [0.15, 0.2) is 65.1 Å². The van der Waals surface area contributed by atoms with Crippen molar-refractivity contribution in [3.05, 3.63) is 87.4 Å². The Morgan fingerprint density at radius 2 is 1.60 bits per heavy atom. The Morgan fingerprint density at radius 3 is 2.22 bits per heavy atom. The molecule has 17 heteroatoms. The fraction of sp³-hybridized carbons (Fsp3) is 0.179. The van der Waals surface area contributed by atoms with E-state index in [1.165, 1.54) is 18.2 Å². The van der Waals surface area contributed by atoms with E-state index in [2.05, 4.69) is 15.1 Å². The van der Waals surface area contributed by atoms with E-state index in [1.54, 1.807) is 56.3 Å². The first-order chi connectivity index (χ1) is 21.2. The van der Waals surface area contributed by atoms with Crippen LogP contribution in [-0.4, -0.2) is 49.5 Å². The smallest absolute Gasteiger partial charge is 0.400 e. The molecule has 2 aromatic heterocycles. The van der Waals surface area contributed by atoms with Crippen LogP contribution >= 0.6 is 69.6 Å². The highest BCUT2D eigenvalue weighted by Gasteiger charge is 2.33. The standard InChI is InChI=1S/C18H16ClNO5.C10H4Cl5N3O2/c1-3-22-17(21)11(2)23-13-5-7-14(8-6-13)24-18-20-15-9-4-12(19)10-16(15)25-18;11-4-1-2-6(5(12)3-4)18-9(10(13,14)15)16-7(17-18)8(19)20/h4-11H,3H2,1-2H3;1-3H,(H,19,20)/t11-;/m1./s1. The van der Waals surface area contributed by atoms with Crippen molar-refractivity contribution in [1.29, 1.82) is 0 Å². The maximum Gasteiger partial charge on any atom is 0.400 e. The Balaban J connectivity index is 0.000000210. The molecule has 1 atom stereocenters. The number of aromatic carboxylic acids is 1. The molecule has 0 fully saturated rings. The number of halogens is 6. The molecule has 5 rings (SSSR count). The summed E-state index contributed by atoms with van der Waals surface area (Å²) in [6, 6.07) is 16.4. The largest absolute Gasteiger partial charge is 0.479 e. The summed E-state index contributed by atoms with van der Waals surface area (Å²) in [6.45, 7) is 3.69. The van der Waals surface area contributed by atoms with E-state index in [9.17, 15) is 9.59 Å². The highest BCUT2D eigenvalue weighted by molar-refractivity contribution is 6.66. The van der Waals surface area contributed by atoms with Gasteiger partial charge in [0.2, 0.25) is 3.79 Å². The van der Waals surface area contributed by atoms with Gasteiger partial charge in [0.25, 0.3) is 5.82 Å². The number of carbonyl (C=O) groups excluding carboxylic acids is 1. The second kappa shape index (κ2) is 14.8. The SMILES string of the molecule is CCOC(=O)[C@@H](C)Oc1ccc(Oc2nc3ccc(Cl)cc3o2)cc1.O=C(O)c1nc(C(Cl)(Cl)Cl)n(-c2ccc(Cl)cc2Cl)n1. The highest BCUT2D eigenvalue weighted by atomic mass is 35.6. The molecule has 0 amide bonds. The fourth-order valence-electron chi connectivity index (χ4n) is 3.53. The molecule has 1 N–H and O–H groups in total. The monoisotopic (exact) mass is 734 g/mol. The van der Waals surface area contributed by atoms with Gasteiger partial charge in [0.05, 0.1) is 17.3 Å². The number of alkyl halides is 3. The van der Waals surface area contributed by atoms with Gasteiger partial charge < -0.3 is 23.7 Å². The van der Waals surface area contributed by atoms with Crippen LogP contribution in [0.4, 0.5) is 0 Å². The fourth-order valence-corrected chi connectivity index (χ4v) is 4.54. The number of carboxylic acids is 1. The van der Waals surface area contributed by atoms with Crippen molar-refractivity contribution in [2.45, 2.75) is 23.7 Å². The molecule has 45 heavy (non-hydrogen) atoms. The van der Waals surface area contributed by atoms with Crippen LogP contribution in [-0.2, 0) is 13.3 Å². The number of rotatable bonds is 8. The van der Waals surface area contributed by atoms with Crippen molar-refractivity contribution in [1.82, 2.24) is 19.7 Å². The van der Waals surface area contributed by atoms with Gasteiger partial charge in [-0.15, -0.1) is 5.10 Å². The third-order valence-electron chi connectivity index (χ3n) is 5.48. The summed E-state index contributed by atoms with van der Waals surface area (Å²) in [5.41, 5.74) is 1.49. The number of ether oxygens (including phenoxy) is 3. The first-order valence-corrected chi connectivity index (χ1v) is 14.9. The molecule has 0 unspecified atom stereocenters. The Hall–Kier alpha value is -3.45. The second-order valence-electron chi connectivity index (χ2n) is 8.75. The highest BCUT2D eigenvalue weighted by Crippen LogP contribution is 2.39. The lowest BCUT2D eigenvalue weighted by Gasteiger charge is -2.13. The first-order valence-electron chi connectivity index (χ1n) is 12.7. The van der Waals surface area contributed by atoms with Crippen molar-refractivity contribution in [2.75, 3.05) is 6.61 Å². The van der Waals surface area contributed by atoms with Crippen LogP contribution in [0.1, 0.15) is 30.3 Å². The lowest BCUT2D eigenvalue weighted by atomic mass is 10.3. The Morgan fingerprint density at radius 1 is 0.956 bits per heavy atom. The van der Waals surface area contributed by atoms with Gasteiger partial charge in [-0.3, -0.25) is 0 Å². The van der Waals surface area contributed by atoms with E-state index in [0.717, 1.165) is 4.68 Å². The number of esters is 1. The number of fused-ring (bicyclic) bond motifs is 1. The molecule has 2 heterocycles. The summed E-state index contributed by atoms with van der Waals surface area (Å²) in [4.78, 5) is 30.4. The quantitative estimate of drug-likeness (QED) is 0.122. The maximum absolute atomic E-state index is 11.6. The van der Waals surface area contributed by atoms with Crippen molar-refractivity contribution < 1.29 is 33.3 Å². The molecular weight excluding hydrogens is 717 g/mol. The van der Waals surface area contributed by atoms with Gasteiger partial charge >= 0.3 is 18.0 Å². The van der Waals surface area contributed by atoms with Gasteiger partial charge in [0.1, 0.15) is 17.0 Å². The predicted molar refractivity (Wildman–Crippen MR) is 170 cm³/mol. The van der Waals surface area contributed by atoms with Gasteiger partial charge in [-0.2, -0.15) is 4.98 Å². The second-order valence-corrected chi connectivity index (χ2v) is 12.3. The van der Waals surface area contributed by atoms with E-state index in [-0.39, 0.29) is 22.6 Å². The molecule has 0 aliphatic heterocycles. The van der Waals surface area contributed by atoms with Crippen LogP contribution < -0.4 is 9.47 Å². The van der Waals surface area contributed by atoms with Crippen LogP contribution in [0.5, 0.6) is 17.6 Å². The number of aromatic nitrogens is 4. The number of carbonyl (C=O) groups is 2. The van der Waals surface area contributed by atoms with E-state index in [0.29, 0.717) is 39.3 Å². The number of nitrogens with zero attached hydrogens (tertiary/aromatic N) is 4. The molecule has 0 aliphatic carbocycles. The lowest BCUT2D eigenvalue weighted by Crippen LogP contribution is -2.25. The topological polar surface area (TPSA) is 139 Å². The molecule has 0 saturated heterocycles. The van der Waals surface area contributed by atoms with Crippen molar-refractivity contribution in [3.8, 4) is 23.3 Å². The molecule has 5 aromatic rings. The third kappa shape index (κ3) is 9.06. The molecule has 236 valence electrons. The van der Waals surface area contributed by atoms with E-state index < -0.39 is 27.7 Å². The van der Waals surface area contributed by atoms with E-state index in [1.807, 2.05) is 0 Å². The zero-order chi connectivity index (χ0) is 32.9. The molecule has 0 radical (unpaired) electrons. The molecule has 0 aliphatic rings. The average molecular weight is 737 g/mol. The van der Waals surface area contributed by atoms with Crippen LogP contribution in [0.2, 0.25) is 15.1 Å². The Kier molecular flexibility index (Phi) is 11.3. The lowest BCUT2D eigenvalue weighted by molar-refractivity contribution is -0.150. The minimum atomic E-state index is -1.97. The van der Waals surface area contributed by atoms with Gasteiger partial charge in [0, 0.05) is 16.1 Å². The Labute approximate surface area is 285 Å². The number of hydrogen-bond donors (Lipinski definition) is 1. The maximum atomic E-state index is 11.6. The number of carboxylic acid groups (broad SMARTS) is 1. The Bertz CT molecular complexity index is 1820. The van der Waals surface area contributed by atoms with E-state index in [4.69, 9.17) is 93.3 Å². The van der Waals surface area contributed by atoms with Gasteiger partial charge in [-0.25, -0.2) is 19.3 Å². The van der Waals surface area contributed by atoms with Crippen molar-refractivity contribution in [2.24, 2.45) is 0 Å². The summed E-state index contributed by atoms with van der Waals surface area (Å²) in [6.07, 6.45) is -0.570. The summed E-state index contributed by atoms with van der Waals surface area (Å²) in [5, 5.41) is 13.9. The minimum Gasteiger partial charge on any atom is -0.479 e. The molecule has 11 nitrogen and oxygen atoms in total. The summed E-state index contributed by atoms with van der Waals surface area (Å²) in [7, 11) is 0. The van der Waals surface area contributed by atoms with Crippen molar-refractivity contribution >= 4 is 92.6 Å². The minimum absolute atomic E-state index is 0.117. The molecule has 0 spiro atoms. The van der Waals surface area contributed by atoms with Crippen LogP contribution in [0.3, 0.4) is 0 Å². The van der Waals surface area contributed by atoms with Crippen LogP contribution in [0.25, 0.3) is 16.8 Å². The van der Waals surface area contributed by atoms with Crippen molar-refractivity contribution in [3.63, 3.8) is 0 Å². The summed E-state index contributed by atoms with van der Waals surface area (Å²) >= 11 is 35.0. The zero-order valence-electron chi connectivity index (χ0n) is 23.0. The first kappa shape index (κ1) is 34.4. The van der Waals surface area contributed by atoms with Crippen LogP contribution in [0, 0.1) is 0 Å². The summed E-state index contributed by atoms with van der Waals surface area (Å²) in [5.74, 6) is -1.43. The molecule has 3 aromatic carbocycles. The number of benzene rings is 3. The predicted octanol–water partition coefficient (Wildman–Crippen LogP) is 8.70. The number of oxazole rings is 1. The molecular formula is C28H20Cl6N4O7. The third-order valence-corrected chi connectivity index (χ3v) is 6.76. The van der Waals surface area contributed by atoms with Gasteiger partial charge in [-0.1, -0.05) is 69.6 Å². The number of hydrogen-bond acceptors (Lipinski definition) is 9. The van der Waals surface area contributed by atoms with Gasteiger partial charge in [0.15, 0.2) is 17.5 Å². The zero-order valence-corrected chi connectivity index (χ0v) is 27.5. The average Bonchev–Trinajstić information content (AvgIpc) is 3.59. The van der Waals surface area contributed by atoms with E-state index >= 15 is 0 Å². The molecule has 0 saturated carbocycles. The normalized spacial score (nSPS) is 11.8. The summed E-state index contributed by atoms with van der Waals surface area (Å²) < 4.78 is 20.6. The molecule has 0 bridgehead atoms.